The van der Waals surface area contributed by atoms with E-state index in [1.807, 2.05) is 6.07 Å². The van der Waals surface area contributed by atoms with Gasteiger partial charge in [-0.15, -0.1) is 0 Å². The predicted molar refractivity (Wildman–Crippen MR) is 57.9 cm³/mol. The van der Waals surface area contributed by atoms with E-state index in [2.05, 4.69) is 31.0 Å². The number of nitrogens with zero attached hydrogens (tertiary/aromatic N) is 3. The average molecular weight is 216 g/mol. The summed E-state index contributed by atoms with van der Waals surface area (Å²) in [5.41, 5.74) is 2.60. The topological polar surface area (TPSA) is 63.8 Å². The molecule has 82 valence electrons. The first-order valence-electron chi connectivity index (χ1n) is 5.40. The summed E-state index contributed by atoms with van der Waals surface area (Å²) in [5, 5.41) is 6.91. The van der Waals surface area contributed by atoms with Crippen molar-refractivity contribution in [1.29, 1.82) is 0 Å². The molecule has 0 fully saturated rings. The minimum Gasteiger partial charge on any atom is -0.363 e. The quantitative estimate of drug-likeness (QED) is 0.843. The van der Waals surface area contributed by atoms with Gasteiger partial charge in [0.25, 0.3) is 0 Å². The standard InChI is InChI=1S/C11H12N4O/c1-2-8-4-5-10(14-9(8)3-1)12-6-11-13-7-16-15-11/h4-5,7H,1-3,6H2,(H,12,14). The van der Waals surface area contributed by atoms with Crippen molar-refractivity contribution in [2.75, 3.05) is 5.32 Å². The van der Waals surface area contributed by atoms with Gasteiger partial charge in [-0.05, 0) is 30.9 Å². The Morgan fingerprint density at radius 2 is 2.31 bits per heavy atom. The maximum Gasteiger partial charge on any atom is 0.213 e. The molecule has 2 aromatic heterocycles. The zero-order valence-corrected chi connectivity index (χ0v) is 8.81. The van der Waals surface area contributed by atoms with Crippen LogP contribution in [0.4, 0.5) is 5.82 Å². The first-order chi connectivity index (χ1) is 7.92. The normalized spacial score (nSPS) is 13.8. The zero-order chi connectivity index (χ0) is 10.8. The number of rotatable bonds is 3. The fraction of sp³-hybridized carbons (Fsp3) is 0.364. The number of fused-ring (bicyclic) bond motifs is 1. The van der Waals surface area contributed by atoms with Gasteiger partial charge in [-0.1, -0.05) is 11.2 Å². The molecule has 0 radical (unpaired) electrons. The van der Waals surface area contributed by atoms with Gasteiger partial charge >= 0.3 is 0 Å². The third kappa shape index (κ3) is 1.76. The SMILES string of the molecule is c1nc(CNc2ccc3c(n2)CCC3)no1. The van der Waals surface area contributed by atoms with Crippen LogP contribution in [0.3, 0.4) is 0 Å². The van der Waals surface area contributed by atoms with Crippen LogP contribution < -0.4 is 5.32 Å². The number of anilines is 1. The Bertz CT molecular complexity index is 481. The molecule has 2 aromatic rings. The van der Waals surface area contributed by atoms with Crippen LogP contribution >= 0.6 is 0 Å². The van der Waals surface area contributed by atoms with Crippen LogP contribution in [0.25, 0.3) is 0 Å². The lowest BCUT2D eigenvalue weighted by Crippen LogP contribution is -2.04. The maximum atomic E-state index is 4.66. The van der Waals surface area contributed by atoms with Gasteiger partial charge in [-0.2, -0.15) is 4.98 Å². The molecule has 2 heterocycles. The summed E-state index contributed by atoms with van der Waals surface area (Å²) in [6.07, 6.45) is 4.80. The summed E-state index contributed by atoms with van der Waals surface area (Å²) in [4.78, 5) is 8.49. The Kier molecular flexibility index (Phi) is 2.29. The molecule has 0 bridgehead atoms. The van der Waals surface area contributed by atoms with E-state index in [1.54, 1.807) is 0 Å². The van der Waals surface area contributed by atoms with Gasteiger partial charge in [0, 0.05) is 5.69 Å². The van der Waals surface area contributed by atoms with Gasteiger partial charge in [-0.25, -0.2) is 4.98 Å². The average Bonchev–Trinajstić information content (AvgIpc) is 2.97. The molecule has 0 saturated heterocycles. The molecule has 16 heavy (non-hydrogen) atoms. The summed E-state index contributed by atoms with van der Waals surface area (Å²) in [6, 6.07) is 4.15. The Labute approximate surface area is 92.9 Å². The Balaban J connectivity index is 1.71. The lowest BCUT2D eigenvalue weighted by molar-refractivity contribution is 0.411. The van der Waals surface area contributed by atoms with E-state index in [9.17, 15) is 0 Å². The fourth-order valence-corrected chi connectivity index (χ4v) is 1.96. The number of hydrogen-bond donors (Lipinski definition) is 1. The molecule has 0 aromatic carbocycles. The summed E-state index contributed by atoms with van der Waals surface area (Å²) >= 11 is 0. The van der Waals surface area contributed by atoms with E-state index in [4.69, 9.17) is 0 Å². The summed E-state index contributed by atoms with van der Waals surface area (Å²) in [5.74, 6) is 1.52. The molecule has 5 heteroatoms. The molecule has 5 nitrogen and oxygen atoms in total. The van der Waals surface area contributed by atoms with E-state index < -0.39 is 0 Å². The van der Waals surface area contributed by atoms with Crippen molar-refractivity contribution in [2.45, 2.75) is 25.8 Å². The molecule has 0 atom stereocenters. The highest BCUT2D eigenvalue weighted by molar-refractivity contribution is 5.40. The van der Waals surface area contributed by atoms with Crippen molar-refractivity contribution >= 4 is 5.82 Å². The highest BCUT2D eigenvalue weighted by Crippen LogP contribution is 2.21. The molecule has 0 spiro atoms. The van der Waals surface area contributed by atoms with Crippen molar-refractivity contribution in [3.8, 4) is 0 Å². The third-order valence-electron chi connectivity index (χ3n) is 2.76. The van der Waals surface area contributed by atoms with Crippen LogP contribution in [0.5, 0.6) is 0 Å². The number of hydrogen-bond acceptors (Lipinski definition) is 5. The second-order valence-electron chi connectivity index (χ2n) is 3.86. The van der Waals surface area contributed by atoms with E-state index in [0.717, 1.165) is 18.7 Å². The minimum atomic E-state index is 0.544. The van der Waals surface area contributed by atoms with Crippen LogP contribution in [0.2, 0.25) is 0 Å². The second kappa shape index (κ2) is 3.92. The maximum absolute atomic E-state index is 4.66. The number of nitrogens with one attached hydrogen (secondary N) is 1. The van der Waals surface area contributed by atoms with Crippen LogP contribution in [0.15, 0.2) is 23.0 Å². The molecule has 0 saturated carbocycles. The Morgan fingerprint density at radius 1 is 1.31 bits per heavy atom. The van der Waals surface area contributed by atoms with Crippen LogP contribution in [0, 0.1) is 0 Å². The van der Waals surface area contributed by atoms with Crippen molar-refractivity contribution < 1.29 is 4.52 Å². The van der Waals surface area contributed by atoms with E-state index in [1.165, 1.54) is 24.1 Å². The van der Waals surface area contributed by atoms with Gasteiger partial charge in [0.05, 0.1) is 6.54 Å². The molecule has 1 N–H and O–H groups in total. The van der Waals surface area contributed by atoms with E-state index >= 15 is 0 Å². The molecule has 3 rings (SSSR count). The van der Waals surface area contributed by atoms with Gasteiger partial charge < -0.3 is 9.84 Å². The Morgan fingerprint density at radius 3 is 3.19 bits per heavy atom. The highest BCUT2D eigenvalue weighted by atomic mass is 16.5. The largest absolute Gasteiger partial charge is 0.363 e. The molecule has 1 aliphatic rings. The smallest absolute Gasteiger partial charge is 0.213 e. The van der Waals surface area contributed by atoms with Crippen molar-refractivity contribution in [1.82, 2.24) is 15.1 Å². The van der Waals surface area contributed by atoms with Crippen LogP contribution in [-0.2, 0) is 19.4 Å². The van der Waals surface area contributed by atoms with E-state index in [-0.39, 0.29) is 0 Å². The van der Waals surface area contributed by atoms with Crippen LogP contribution in [0.1, 0.15) is 23.5 Å². The number of aromatic nitrogens is 3. The van der Waals surface area contributed by atoms with Crippen molar-refractivity contribution in [3.63, 3.8) is 0 Å². The lowest BCUT2D eigenvalue weighted by Gasteiger charge is -2.04. The lowest BCUT2D eigenvalue weighted by atomic mass is 10.2. The van der Waals surface area contributed by atoms with Crippen molar-refractivity contribution in [3.05, 3.63) is 35.6 Å². The third-order valence-corrected chi connectivity index (χ3v) is 2.76. The van der Waals surface area contributed by atoms with Gasteiger partial charge in [0.15, 0.2) is 5.82 Å². The van der Waals surface area contributed by atoms with Gasteiger partial charge in [0.1, 0.15) is 5.82 Å². The second-order valence-corrected chi connectivity index (χ2v) is 3.86. The zero-order valence-electron chi connectivity index (χ0n) is 8.81. The summed E-state index contributed by atoms with van der Waals surface area (Å²) in [7, 11) is 0. The molecule has 0 amide bonds. The molecular formula is C11H12N4O. The van der Waals surface area contributed by atoms with Gasteiger partial charge in [0.2, 0.25) is 6.39 Å². The molecular weight excluding hydrogens is 204 g/mol. The van der Waals surface area contributed by atoms with E-state index in [0.29, 0.717) is 12.4 Å². The van der Waals surface area contributed by atoms with Crippen molar-refractivity contribution in [2.24, 2.45) is 0 Å². The number of aryl methyl sites for hydroxylation is 2. The van der Waals surface area contributed by atoms with Gasteiger partial charge in [-0.3, -0.25) is 0 Å². The first kappa shape index (κ1) is 9.33. The summed E-state index contributed by atoms with van der Waals surface area (Å²) in [6.45, 7) is 0.544. The highest BCUT2D eigenvalue weighted by Gasteiger charge is 2.12. The fourth-order valence-electron chi connectivity index (χ4n) is 1.96. The number of pyridine rings is 1. The molecule has 0 aliphatic heterocycles. The predicted octanol–water partition coefficient (Wildman–Crippen LogP) is 1.57. The summed E-state index contributed by atoms with van der Waals surface area (Å²) < 4.78 is 4.66. The first-order valence-corrected chi connectivity index (χ1v) is 5.40. The molecule has 1 aliphatic carbocycles. The minimum absolute atomic E-state index is 0.544. The molecule has 0 unspecified atom stereocenters. The monoisotopic (exact) mass is 216 g/mol. The Hall–Kier alpha value is -1.91. The van der Waals surface area contributed by atoms with Crippen LogP contribution in [-0.4, -0.2) is 15.1 Å².